The van der Waals surface area contributed by atoms with Crippen molar-refractivity contribution in [3.05, 3.63) is 192 Å². The zero-order valence-corrected chi connectivity index (χ0v) is 31.1. The standard InChI is InChI=1S/C52H40N2/c1-51(2)41-22-9-5-16-34(41)40-32-33(30-31-43(40)51)53(49-29-15-24-44-50(49)39-19-6-10-23-42(39)52(44,3)4)45-27-13-21-38-37(45)20-14-28-48(38)54-46-25-11-7-17-35(46)36-18-8-12-26-47(36)54/h5-32H,1-4H3. The zero-order valence-electron chi connectivity index (χ0n) is 31.1. The van der Waals surface area contributed by atoms with Crippen LogP contribution in [0.2, 0.25) is 0 Å². The minimum atomic E-state index is -0.114. The van der Waals surface area contributed by atoms with E-state index in [4.69, 9.17) is 0 Å². The molecule has 0 fully saturated rings. The number of fused-ring (bicyclic) bond motifs is 10. The summed E-state index contributed by atoms with van der Waals surface area (Å²) in [6.07, 6.45) is 0. The molecular weight excluding hydrogens is 653 g/mol. The van der Waals surface area contributed by atoms with Crippen LogP contribution in [0.1, 0.15) is 49.9 Å². The van der Waals surface area contributed by atoms with Crippen LogP contribution in [0.4, 0.5) is 17.1 Å². The third-order valence-electron chi connectivity index (χ3n) is 12.6. The van der Waals surface area contributed by atoms with Crippen molar-refractivity contribution >= 4 is 49.6 Å². The van der Waals surface area contributed by atoms with Crippen molar-refractivity contribution in [1.82, 2.24) is 4.57 Å². The van der Waals surface area contributed by atoms with Crippen LogP contribution < -0.4 is 4.90 Å². The summed E-state index contributed by atoms with van der Waals surface area (Å²) in [4.78, 5) is 2.54. The van der Waals surface area contributed by atoms with E-state index in [2.05, 4.69) is 207 Å². The van der Waals surface area contributed by atoms with Crippen LogP contribution in [0.3, 0.4) is 0 Å². The van der Waals surface area contributed by atoms with Gasteiger partial charge in [0.2, 0.25) is 0 Å². The summed E-state index contributed by atoms with van der Waals surface area (Å²) >= 11 is 0. The Bertz CT molecular complexity index is 2960. The fraction of sp³-hybridized carbons (Fsp3) is 0.115. The Hall–Kier alpha value is -6.38. The van der Waals surface area contributed by atoms with Gasteiger partial charge in [-0.3, -0.25) is 0 Å². The Morgan fingerprint density at radius 1 is 0.389 bits per heavy atom. The predicted octanol–water partition coefficient (Wildman–Crippen LogP) is 14.0. The van der Waals surface area contributed by atoms with Crippen LogP contribution in [0, 0.1) is 0 Å². The average Bonchev–Trinajstić information content (AvgIpc) is 3.75. The van der Waals surface area contributed by atoms with Crippen LogP contribution in [-0.4, -0.2) is 4.57 Å². The van der Waals surface area contributed by atoms with Gasteiger partial charge in [-0.2, -0.15) is 0 Å². The molecule has 1 aromatic heterocycles. The van der Waals surface area contributed by atoms with E-state index in [1.165, 1.54) is 88.5 Å². The number of hydrogen-bond acceptors (Lipinski definition) is 1. The second-order valence-electron chi connectivity index (χ2n) is 16.1. The molecule has 0 saturated heterocycles. The lowest BCUT2D eigenvalue weighted by Gasteiger charge is -2.31. The second kappa shape index (κ2) is 11.1. The topological polar surface area (TPSA) is 8.17 Å². The molecule has 0 atom stereocenters. The quantitative estimate of drug-likeness (QED) is 0.178. The second-order valence-corrected chi connectivity index (χ2v) is 16.1. The van der Waals surface area contributed by atoms with Gasteiger partial charge in [0.05, 0.1) is 28.1 Å². The molecule has 0 bridgehead atoms. The SMILES string of the molecule is CC1(C)c2ccccc2-c2cc(N(c3cccc4c3-c3ccccc3C4(C)C)c3cccc4c(-n5c6ccccc6c6ccccc65)cccc34)ccc21. The number of nitrogens with zero attached hydrogens (tertiary/aromatic N) is 2. The molecule has 54 heavy (non-hydrogen) atoms. The molecule has 0 N–H and O–H groups in total. The Morgan fingerprint density at radius 3 is 1.67 bits per heavy atom. The van der Waals surface area contributed by atoms with Crippen molar-refractivity contribution in [2.75, 3.05) is 4.90 Å². The van der Waals surface area contributed by atoms with Crippen molar-refractivity contribution in [1.29, 1.82) is 0 Å². The molecule has 1 heterocycles. The summed E-state index contributed by atoms with van der Waals surface area (Å²) in [5, 5.41) is 4.96. The summed E-state index contributed by atoms with van der Waals surface area (Å²) in [6.45, 7) is 9.46. The molecule has 0 spiro atoms. The summed E-state index contributed by atoms with van der Waals surface area (Å²) in [6, 6.07) is 63.3. The van der Waals surface area contributed by atoms with Crippen LogP contribution in [0.15, 0.2) is 170 Å². The minimum absolute atomic E-state index is 0.0666. The van der Waals surface area contributed by atoms with Crippen molar-refractivity contribution in [2.45, 2.75) is 38.5 Å². The molecule has 9 aromatic rings. The Morgan fingerprint density at radius 2 is 0.907 bits per heavy atom. The van der Waals surface area contributed by atoms with Gasteiger partial charge in [-0.1, -0.05) is 155 Å². The number of anilines is 3. The van der Waals surface area contributed by atoms with Gasteiger partial charge >= 0.3 is 0 Å². The van der Waals surface area contributed by atoms with Gasteiger partial charge in [0, 0.05) is 43.6 Å². The Labute approximate surface area is 316 Å². The molecule has 2 nitrogen and oxygen atoms in total. The minimum Gasteiger partial charge on any atom is -0.309 e. The predicted molar refractivity (Wildman–Crippen MR) is 228 cm³/mol. The lowest BCUT2D eigenvalue weighted by atomic mass is 9.82. The highest BCUT2D eigenvalue weighted by molar-refractivity contribution is 6.12. The van der Waals surface area contributed by atoms with E-state index >= 15 is 0 Å². The first kappa shape index (κ1) is 31.2. The Balaban J connectivity index is 1.22. The average molecular weight is 693 g/mol. The molecule has 0 unspecified atom stereocenters. The maximum Gasteiger partial charge on any atom is 0.0543 e. The first-order chi connectivity index (χ1) is 26.3. The first-order valence-electron chi connectivity index (χ1n) is 19.1. The molecule has 2 aliphatic rings. The summed E-state index contributed by atoms with van der Waals surface area (Å²) < 4.78 is 2.45. The van der Waals surface area contributed by atoms with Gasteiger partial charge in [-0.05, 0) is 81.4 Å². The third-order valence-corrected chi connectivity index (χ3v) is 12.6. The van der Waals surface area contributed by atoms with E-state index in [1.807, 2.05) is 0 Å². The number of para-hydroxylation sites is 2. The van der Waals surface area contributed by atoms with E-state index in [9.17, 15) is 0 Å². The van der Waals surface area contributed by atoms with E-state index < -0.39 is 0 Å². The third kappa shape index (κ3) is 4.11. The molecule has 0 radical (unpaired) electrons. The number of benzene rings is 8. The summed E-state index contributed by atoms with van der Waals surface area (Å²) in [5.74, 6) is 0. The van der Waals surface area contributed by atoms with E-state index in [1.54, 1.807) is 0 Å². The van der Waals surface area contributed by atoms with Crippen molar-refractivity contribution in [2.24, 2.45) is 0 Å². The van der Waals surface area contributed by atoms with Gasteiger partial charge in [0.1, 0.15) is 0 Å². The first-order valence-corrected chi connectivity index (χ1v) is 19.1. The maximum absolute atomic E-state index is 2.54. The van der Waals surface area contributed by atoms with Gasteiger partial charge in [0.15, 0.2) is 0 Å². The highest BCUT2D eigenvalue weighted by Crippen LogP contribution is 2.56. The zero-order chi connectivity index (χ0) is 36.3. The number of rotatable bonds is 4. The van der Waals surface area contributed by atoms with Gasteiger partial charge in [0.25, 0.3) is 0 Å². The van der Waals surface area contributed by atoms with Crippen LogP contribution in [0.25, 0.3) is 60.5 Å². The lowest BCUT2D eigenvalue weighted by molar-refractivity contribution is 0.660. The summed E-state index contributed by atoms with van der Waals surface area (Å²) in [5.41, 5.74) is 17.7. The fourth-order valence-electron chi connectivity index (χ4n) is 10.0. The van der Waals surface area contributed by atoms with E-state index in [0.717, 1.165) is 11.4 Å². The molecule has 8 aromatic carbocycles. The Kier molecular flexibility index (Phi) is 6.39. The molecule has 0 amide bonds. The fourth-order valence-corrected chi connectivity index (χ4v) is 10.0. The van der Waals surface area contributed by atoms with Gasteiger partial charge in [-0.25, -0.2) is 0 Å². The van der Waals surface area contributed by atoms with Crippen LogP contribution in [0.5, 0.6) is 0 Å². The molecule has 2 heteroatoms. The molecule has 0 saturated carbocycles. The van der Waals surface area contributed by atoms with Crippen LogP contribution in [-0.2, 0) is 10.8 Å². The van der Waals surface area contributed by atoms with Crippen LogP contribution >= 0.6 is 0 Å². The molecule has 2 aliphatic carbocycles. The molecular formula is C52H40N2. The van der Waals surface area contributed by atoms with Gasteiger partial charge in [-0.15, -0.1) is 0 Å². The molecule has 0 aliphatic heterocycles. The number of hydrogen-bond donors (Lipinski definition) is 0. The summed E-state index contributed by atoms with van der Waals surface area (Å²) in [7, 11) is 0. The van der Waals surface area contributed by atoms with Gasteiger partial charge < -0.3 is 9.47 Å². The monoisotopic (exact) mass is 692 g/mol. The van der Waals surface area contributed by atoms with Crippen molar-refractivity contribution < 1.29 is 0 Å². The van der Waals surface area contributed by atoms with E-state index in [-0.39, 0.29) is 10.8 Å². The lowest BCUT2D eigenvalue weighted by Crippen LogP contribution is -2.17. The van der Waals surface area contributed by atoms with E-state index in [0.29, 0.717) is 0 Å². The largest absolute Gasteiger partial charge is 0.309 e. The van der Waals surface area contributed by atoms with Crippen molar-refractivity contribution in [3.8, 4) is 27.9 Å². The molecule has 11 rings (SSSR count). The number of aromatic nitrogens is 1. The van der Waals surface area contributed by atoms with Crippen molar-refractivity contribution in [3.63, 3.8) is 0 Å². The normalized spacial score (nSPS) is 14.6. The maximum atomic E-state index is 2.54. The highest BCUT2D eigenvalue weighted by Gasteiger charge is 2.39. The molecule has 258 valence electrons. The smallest absolute Gasteiger partial charge is 0.0543 e. The highest BCUT2D eigenvalue weighted by atomic mass is 15.1.